The molecule has 2 heteroatoms. The number of hydrogen-bond donors (Lipinski definition) is 2. The summed E-state index contributed by atoms with van der Waals surface area (Å²) in [5.41, 5.74) is 0. The normalized spacial score (nSPS) is 14.1. The van der Waals surface area contributed by atoms with E-state index in [0.717, 1.165) is 5.75 Å². The van der Waals surface area contributed by atoms with Gasteiger partial charge in [0.2, 0.25) is 0 Å². The summed E-state index contributed by atoms with van der Waals surface area (Å²) in [7, 11) is 0. The lowest BCUT2D eigenvalue weighted by Gasteiger charge is -2.13. The van der Waals surface area contributed by atoms with Crippen molar-refractivity contribution in [2.24, 2.45) is 5.92 Å². The number of rotatable bonds is 5. The van der Waals surface area contributed by atoms with Crippen LogP contribution >= 0.6 is 25.3 Å². The van der Waals surface area contributed by atoms with Crippen molar-refractivity contribution in [3.8, 4) is 0 Å². The molecule has 0 fully saturated rings. The standard InChI is InChI=1S/C8H18S2/c1-7(2)8(10)5-3-4-6-9/h7-10H,3-6H2,1-2H3. The third kappa shape index (κ3) is 5.48. The summed E-state index contributed by atoms with van der Waals surface area (Å²) in [6.45, 7) is 4.44. The average Bonchev–Trinajstić information content (AvgIpc) is 1.88. The Balaban J connectivity index is 3.13. The molecule has 0 aliphatic heterocycles. The van der Waals surface area contributed by atoms with Gasteiger partial charge in [-0.15, -0.1) is 0 Å². The number of thiol groups is 2. The topological polar surface area (TPSA) is 0 Å². The second-order valence-electron chi connectivity index (χ2n) is 3.03. The van der Waals surface area contributed by atoms with Crippen LogP contribution in [0.1, 0.15) is 33.1 Å². The fraction of sp³-hybridized carbons (Fsp3) is 1.00. The van der Waals surface area contributed by atoms with Crippen LogP contribution in [-0.2, 0) is 0 Å². The van der Waals surface area contributed by atoms with E-state index in [0.29, 0.717) is 11.2 Å². The first-order valence-electron chi connectivity index (χ1n) is 3.97. The van der Waals surface area contributed by atoms with Crippen LogP contribution < -0.4 is 0 Å². The van der Waals surface area contributed by atoms with Crippen LogP contribution in [0.5, 0.6) is 0 Å². The second kappa shape index (κ2) is 6.41. The zero-order valence-corrected chi connectivity index (χ0v) is 8.67. The minimum absolute atomic E-state index is 0.583. The molecule has 0 bridgehead atoms. The highest BCUT2D eigenvalue weighted by molar-refractivity contribution is 7.81. The van der Waals surface area contributed by atoms with Crippen molar-refractivity contribution in [1.82, 2.24) is 0 Å². The summed E-state index contributed by atoms with van der Waals surface area (Å²) >= 11 is 8.62. The van der Waals surface area contributed by atoms with E-state index in [4.69, 9.17) is 0 Å². The summed E-state index contributed by atoms with van der Waals surface area (Å²) < 4.78 is 0. The van der Waals surface area contributed by atoms with Gasteiger partial charge in [0.15, 0.2) is 0 Å². The monoisotopic (exact) mass is 178 g/mol. The van der Waals surface area contributed by atoms with E-state index in [1.807, 2.05) is 0 Å². The Hall–Kier alpha value is 0.700. The fourth-order valence-corrected chi connectivity index (χ4v) is 1.20. The van der Waals surface area contributed by atoms with E-state index in [-0.39, 0.29) is 0 Å². The predicted molar refractivity (Wildman–Crippen MR) is 55.3 cm³/mol. The van der Waals surface area contributed by atoms with Gasteiger partial charge in [0, 0.05) is 5.25 Å². The highest BCUT2D eigenvalue weighted by Crippen LogP contribution is 2.15. The summed E-state index contributed by atoms with van der Waals surface area (Å²) in [6, 6.07) is 0. The largest absolute Gasteiger partial charge is 0.179 e. The van der Waals surface area contributed by atoms with Crippen LogP contribution in [0.2, 0.25) is 0 Å². The molecule has 1 atom stereocenters. The number of hydrogen-bond acceptors (Lipinski definition) is 2. The zero-order valence-electron chi connectivity index (χ0n) is 6.88. The lowest BCUT2D eigenvalue weighted by atomic mass is 10.1. The van der Waals surface area contributed by atoms with Crippen molar-refractivity contribution in [3.63, 3.8) is 0 Å². The molecule has 0 nitrogen and oxygen atoms in total. The van der Waals surface area contributed by atoms with Crippen LogP contribution in [0.15, 0.2) is 0 Å². The Labute approximate surface area is 75.6 Å². The van der Waals surface area contributed by atoms with Gasteiger partial charge in [-0.1, -0.05) is 20.3 Å². The molecule has 0 heterocycles. The van der Waals surface area contributed by atoms with Crippen LogP contribution in [0.3, 0.4) is 0 Å². The van der Waals surface area contributed by atoms with Gasteiger partial charge in [-0.3, -0.25) is 0 Å². The Kier molecular flexibility index (Phi) is 6.86. The van der Waals surface area contributed by atoms with Gasteiger partial charge < -0.3 is 0 Å². The van der Waals surface area contributed by atoms with Crippen LogP contribution in [0.4, 0.5) is 0 Å². The molecule has 62 valence electrons. The molecular weight excluding hydrogens is 160 g/mol. The van der Waals surface area contributed by atoms with E-state index in [2.05, 4.69) is 39.1 Å². The van der Waals surface area contributed by atoms with Crippen LogP contribution in [-0.4, -0.2) is 11.0 Å². The van der Waals surface area contributed by atoms with E-state index < -0.39 is 0 Å². The van der Waals surface area contributed by atoms with Gasteiger partial charge in [0.1, 0.15) is 0 Å². The Morgan fingerprint density at radius 1 is 1.20 bits per heavy atom. The molecule has 1 unspecified atom stereocenters. The maximum absolute atomic E-state index is 4.47. The van der Waals surface area contributed by atoms with Gasteiger partial charge in [-0.25, -0.2) is 0 Å². The molecule has 0 amide bonds. The zero-order chi connectivity index (χ0) is 7.98. The van der Waals surface area contributed by atoms with Gasteiger partial charge in [0.25, 0.3) is 0 Å². The minimum atomic E-state index is 0.583. The molecule has 0 spiro atoms. The summed E-state index contributed by atoms with van der Waals surface area (Å²) in [4.78, 5) is 0. The van der Waals surface area contributed by atoms with Crippen LogP contribution in [0.25, 0.3) is 0 Å². The molecule has 0 saturated heterocycles. The first kappa shape index (κ1) is 10.7. The Bertz CT molecular complexity index is 71.7. The molecule has 0 aromatic heterocycles. The molecule has 0 aliphatic carbocycles. The van der Waals surface area contributed by atoms with Gasteiger partial charge in [-0.05, 0) is 24.5 Å². The number of unbranched alkanes of at least 4 members (excludes halogenated alkanes) is 1. The summed E-state index contributed by atoms with van der Waals surface area (Å²) in [5.74, 6) is 1.72. The average molecular weight is 178 g/mol. The molecule has 0 radical (unpaired) electrons. The molecule has 0 aromatic rings. The molecule has 10 heavy (non-hydrogen) atoms. The van der Waals surface area contributed by atoms with E-state index in [9.17, 15) is 0 Å². The van der Waals surface area contributed by atoms with Gasteiger partial charge >= 0.3 is 0 Å². The van der Waals surface area contributed by atoms with Gasteiger partial charge in [0.05, 0.1) is 0 Å². The smallest absolute Gasteiger partial charge is 0.00398 e. The van der Waals surface area contributed by atoms with Crippen molar-refractivity contribution in [2.45, 2.75) is 38.4 Å². The predicted octanol–water partition coefficient (Wildman–Crippen LogP) is 3.04. The highest BCUT2D eigenvalue weighted by Gasteiger charge is 2.06. The minimum Gasteiger partial charge on any atom is -0.179 e. The third-order valence-electron chi connectivity index (χ3n) is 1.68. The Morgan fingerprint density at radius 2 is 1.80 bits per heavy atom. The van der Waals surface area contributed by atoms with Gasteiger partial charge in [-0.2, -0.15) is 25.3 Å². The Morgan fingerprint density at radius 3 is 2.20 bits per heavy atom. The third-order valence-corrected chi connectivity index (χ3v) is 2.85. The van der Waals surface area contributed by atoms with E-state index in [1.54, 1.807) is 0 Å². The van der Waals surface area contributed by atoms with Crippen molar-refractivity contribution < 1.29 is 0 Å². The van der Waals surface area contributed by atoms with E-state index in [1.165, 1.54) is 19.3 Å². The molecule has 0 aliphatic rings. The first-order chi connectivity index (χ1) is 4.68. The first-order valence-corrected chi connectivity index (χ1v) is 5.12. The molecule has 0 rings (SSSR count). The van der Waals surface area contributed by atoms with Crippen molar-refractivity contribution >= 4 is 25.3 Å². The SMILES string of the molecule is CC(C)C(S)CCCCS. The maximum atomic E-state index is 4.47. The summed E-state index contributed by atoms with van der Waals surface area (Å²) in [6.07, 6.45) is 3.74. The van der Waals surface area contributed by atoms with Crippen LogP contribution in [0, 0.1) is 5.92 Å². The van der Waals surface area contributed by atoms with Crippen molar-refractivity contribution in [3.05, 3.63) is 0 Å². The fourth-order valence-electron chi connectivity index (χ4n) is 0.799. The summed E-state index contributed by atoms with van der Waals surface area (Å²) in [5, 5.41) is 0.583. The van der Waals surface area contributed by atoms with Crippen molar-refractivity contribution in [1.29, 1.82) is 0 Å². The molecular formula is C8H18S2. The molecule has 0 saturated carbocycles. The maximum Gasteiger partial charge on any atom is 0.00398 e. The lowest BCUT2D eigenvalue weighted by Crippen LogP contribution is -2.07. The highest BCUT2D eigenvalue weighted by atomic mass is 32.1. The lowest BCUT2D eigenvalue weighted by molar-refractivity contribution is 0.555. The molecule has 0 N–H and O–H groups in total. The van der Waals surface area contributed by atoms with Crippen molar-refractivity contribution in [2.75, 3.05) is 5.75 Å². The second-order valence-corrected chi connectivity index (χ2v) is 4.14. The quantitative estimate of drug-likeness (QED) is 0.469. The molecule has 0 aromatic carbocycles. The van der Waals surface area contributed by atoms with E-state index >= 15 is 0 Å².